The molecule has 0 saturated carbocycles. The second-order valence-corrected chi connectivity index (χ2v) is 10.4. The molecule has 1 aliphatic heterocycles. The standard InChI is InChI=1S/C26H36N4O7S/c1-6-35-25(32)37-17-14-29(4)24(31)30-21-11-8-7-10-20(21)28-23(30)38(33)18-26(3)19(2)22(12-13-27-26)36-16-9-15-34-5/h7-8,10-13,19H,6,9,14-18H2,1-5H3. The van der Waals surface area contributed by atoms with Crippen molar-refractivity contribution in [3.8, 4) is 0 Å². The number of nitrogens with zero attached hydrogens (tertiary/aromatic N) is 4. The molecule has 1 aromatic carbocycles. The number of imidazole rings is 1. The monoisotopic (exact) mass is 548 g/mol. The van der Waals surface area contributed by atoms with E-state index in [1.807, 2.05) is 19.9 Å². The number of aromatic nitrogens is 2. The van der Waals surface area contributed by atoms with Crippen LogP contribution in [0.4, 0.5) is 9.59 Å². The molecule has 0 radical (unpaired) electrons. The molecule has 1 aromatic heterocycles. The van der Waals surface area contributed by atoms with Gasteiger partial charge in [-0.3, -0.25) is 9.20 Å². The molecule has 1 aliphatic rings. The summed E-state index contributed by atoms with van der Waals surface area (Å²) in [6.45, 7) is 6.96. The van der Waals surface area contributed by atoms with E-state index in [0.29, 0.717) is 24.2 Å². The van der Waals surface area contributed by atoms with Gasteiger partial charge in [0.05, 0.1) is 52.9 Å². The van der Waals surface area contributed by atoms with E-state index in [0.717, 1.165) is 12.2 Å². The number of carbonyl (C=O) groups is 2. The number of amides is 1. The van der Waals surface area contributed by atoms with Gasteiger partial charge in [0.2, 0.25) is 5.16 Å². The molecule has 2 heterocycles. The fourth-order valence-corrected chi connectivity index (χ4v) is 5.50. The van der Waals surface area contributed by atoms with Crippen molar-refractivity contribution in [2.75, 3.05) is 52.9 Å². The Kier molecular flexibility index (Phi) is 10.4. The average Bonchev–Trinajstić information content (AvgIpc) is 3.28. The number of dihydropyridines is 1. The lowest BCUT2D eigenvalue weighted by Gasteiger charge is -2.34. The van der Waals surface area contributed by atoms with Gasteiger partial charge in [-0.1, -0.05) is 19.1 Å². The Balaban J connectivity index is 1.79. The fourth-order valence-electron chi connectivity index (χ4n) is 3.94. The van der Waals surface area contributed by atoms with Gasteiger partial charge < -0.3 is 23.8 Å². The number of benzene rings is 1. The van der Waals surface area contributed by atoms with Crippen LogP contribution in [0.15, 0.2) is 46.2 Å². The van der Waals surface area contributed by atoms with Crippen LogP contribution in [0.3, 0.4) is 0 Å². The lowest BCUT2D eigenvalue weighted by molar-refractivity contribution is 0.0550. The Labute approximate surface area is 225 Å². The summed E-state index contributed by atoms with van der Waals surface area (Å²) in [6.07, 6.45) is 3.46. The van der Waals surface area contributed by atoms with Gasteiger partial charge in [0.15, 0.2) is 0 Å². The van der Waals surface area contributed by atoms with Crippen LogP contribution in [0.25, 0.3) is 11.0 Å². The van der Waals surface area contributed by atoms with Gasteiger partial charge in [0, 0.05) is 39.3 Å². The van der Waals surface area contributed by atoms with Gasteiger partial charge in [-0.15, -0.1) is 0 Å². The van der Waals surface area contributed by atoms with Gasteiger partial charge in [-0.05, 0) is 32.1 Å². The Morgan fingerprint density at radius 3 is 2.68 bits per heavy atom. The van der Waals surface area contributed by atoms with Crippen LogP contribution in [0, 0.1) is 5.92 Å². The minimum Gasteiger partial charge on any atom is -0.497 e. The first-order chi connectivity index (χ1) is 18.2. The molecule has 12 heteroatoms. The number of carbonyl (C=O) groups excluding carboxylic acids is 2. The van der Waals surface area contributed by atoms with Gasteiger partial charge in [-0.2, -0.15) is 0 Å². The molecule has 208 valence electrons. The van der Waals surface area contributed by atoms with E-state index in [1.165, 1.54) is 9.47 Å². The zero-order chi connectivity index (χ0) is 27.7. The van der Waals surface area contributed by atoms with Gasteiger partial charge in [-0.25, -0.2) is 19.1 Å². The van der Waals surface area contributed by atoms with Gasteiger partial charge in [0.1, 0.15) is 12.4 Å². The van der Waals surface area contributed by atoms with Crippen molar-refractivity contribution in [2.45, 2.75) is 37.9 Å². The second-order valence-electron chi connectivity index (χ2n) is 9.06. The summed E-state index contributed by atoms with van der Waals surface area (Å²) in [6, 6.07) is 6.67. The lowest BCUT2D eigenvalue weighted by atomic mass is 9.86. The van der Waals surface area contributed by atoms with Crippen molar-refractivity contribution in [2.24, 2.45) is 10.9 Å². The maximum atomic E-state index is 13.8. The zero-order valence-corrected chi connectivity index (χ0v) is 23.4. The molecule has 0 N–H and O–H groups in total. The number of rotatable bonds is 12. The maximum Gasteiger partial charge on any atom is 0.508 e. The highest BCUT2D eigenvalue weighted by molar-refractivity contribution is 7.85. The van der Waals surface area contributed by atoms with Gasteiger partial charge >= 0.3 is 12.2 Å². The van der Waals surface area contributed by atoms with Crippen LogP contribution in [-0.2, 0) is 29.7 Å². The Hall–Kier alpha value is -3.25. The lowest BCUT2D eigenvalue weighted by Crippen LogP contribution is -2.41. The van der Waals surface area contributed by atoms with Crippen molar-refractivity contribution < 1.29 is 32.7 Å². The number of likely N-dealkylation sites (N-methyl/N-ethyl adjacent to an activating group) is 1. The topological polar surface area (TPSA) is 122 Å². The first kappa shape index (κ1) is 29.3. The van der Waals surface area contributed by atoms with E-state index in [-0.39, 0.29) is 36.6 Å². The SMILES string of the molecule is CCOC(=O)OCCN(C)C(=O)n1c(S(=O)CC2(C)N=CC=C(OCCCOC)C2C)nc2ccccc21. The molecule has 2 aromatic rings. The van der Waals surface area contributed by atoms with Crippen LogP contribution in [0.2, 0.25) is 0 Å². The van der Waals surface area contributed by atoms with Crippen molar-refractivity contribution in [1.82, 2.24) is 14.5 Å². The third-order valence-corrected chi connectivity index (χ3v) is 7.84. The average molecular weight is 549 g/mol. The number of ether oxygens (including phenoxy) is 4. The number of allylic oxidation sites excluding steroid dienone is 1. The second kappa shape index (κ2) is 13.5. The van der Waals surface area contributed by atoms with Crippen LogP contribution in [0.1, 0.15) is 27.2 Å². The molecule has 1 amide bonds. The summed E-state index contributed by atoms with van der Waals surface area (Å²) in [5, 5.41) is 0.134. The smallest absolute Gasteiger partial charge is 0.497 e. The highest BCUT2D eigenvalue weighted by atomic mass is 32.2. The third kappa shape index (κ3) is 6.98. The van der Waals surface area contributed by atoms with Crippen molar-refractivity contribution in [1.29, 1.82) is 0 Å². The molecule has 0 bridgehead atoms. The molecule has 11 nitrogen and oxygen atoms in total. The van der Waals surface area contributed by atoms with E-state index >= 15 is 0 Å². The number of methoxy groups -OCH3 is 1. The molecule has 0 aliphatic carbocycles. The summed E-state index contributed by atoms with van der Waals surface area (Å²) in [5.74, 6) is 0.757. The Bertz CT molecular complexity index is 1210. The quantitative estimate of drug-likeness (QED) is 0.291. The fraction of sp³-hybridized carbons (Fsp3) is 0.538. The van der Waals surface area contributed by atoms with Crippen LogP contribution in [0.5, 0.6) is 0 Å². The van der Waals surface area contributed by atoms with Crippen LogP contribution < -0.4 is 0 Å². The van der Waals surface area contributed by atoms with E-state index in [4.69, 9.17) is 18.9 Å². The molecular weight excluding hydrogens is 512 g/mol. The number of fused-ring (bicyclic) bond motifs is 1. The molecule has 38 heavy (non-hydrogen) atoms. The van der Waals surface area contributed by atoms with Gasteiger partial charge in [0.25, 0.3) is 0 Å². The van der Waals surface area contributed by atoms with E-state index in [9.17, 15) is 13.8 Å². The summed E-state index contributed by atoms with van der Waals surface area (Å²) in [5.41, 5.74) is 0.348. The number of aliphatic imine (C=N–C) groups is 1. The van der Waals surface area contributed by atoms with E-state index in [2.05, 4.69) is 9.98 Å². The third-order valence-electron chi connectivity index (χ3n) is 6.31. The number of hydrogen-bond acceptors (Lipinski definition) is 9. The van der Waals surface area contributed by atoms with E-state index < -0.39 is 28.5 Å². The first-order valence-electron chi connectivity index (χ1n) is 12.5. The highest BCUT2D eigenvalue weighted by Gasteiger charge is 2.39. The minimum atomic E-state index is -1.68. The van der Waals surface area contributed by atoms with Crippen LogP contribution in [-0.4, -0.2) is 95.5 Å². The normalized spacial score (nSPS) is 19.6. The predicted octanol–water partition coefficient (Wildman–Crippen LogP) is 3.63. The minimum absolute atomic E-state index is 0.0457. The van der Waals surface area contributed by atoms with Crippen molar-refractivity contribution in [3.63, 3.8) is 0 Å². The molecular formula is C26H36N4O7S. The number of para-hydroxylation sites is 2. The van der Waals surface area contributed by atoms with Crippen molar-refractivity contribution >= 4 is 40.2 Å². The molecule has 3 rings (SSSR count). The summed E-state index contributed by atoms with van der Waals surface area (Å²) in [4.78, 5) is 35.5. The zero-order valence-electron chi connectivity index (χ0n) is 22.5. The number of hydrogen-bond donors (Lipinski definition) is 0. The molecule has 0 spiro atoms. The predicted molar refractivity (Wildman–Crippen MR) is 144 cm³/mol. The first-order valence-corrected chi connectivity index (χ1v) is 13.8. The highest BCUT2D eigenvalue weighted by Crippen LogP contribution is 2.33. The summed E-state index contributed by atoms with van der Waals surface area (Å²) in [7, 11) is 1.54. The largest absolute Gasteiger partial charge is 0.508 e. The Morgan fingerprint density at radius 1 is 1.18 bits per heavy atom. The van der Waals surface area contributed by atoms with E-state index in [1.54, 1.807) is 51.6 Å². The summed E-state index contributed by atoms with van der Waals surface area (Å²) >= 11 is 0. The molecule has 0 saturated heterocycles. The Morgan fingerprint density at radius 2 is 1.95 bits per heavy atom. The van der Waals surface area contributed by atoms with Crippen molar-refractivity contribution in [3.05, 3.63) is 36.1 Å². The molecule has 3 atom stereocenters. The molecule has 0 fully saturated rings. The maximum absolute atomic E-state index is 13.8. The van der Waals surface area contributed by atoms with Crippen LogP contribution >= 0.6 is 0 Å². The molecule has 3 unspecified atom stereocenters. The summed E-state index contributed by atoms with van der Waals surface area (Å²) < 4.78 is 35.9.